The molecule has 0 bridgehead atoms. The van der Waals surface area contributed by atoms with Crippen LogP contribution in [0.5, 0.6) is 5.75 Å². The van der Waals surface area contributed by atoms with Crippen molar-refractivity contribution in [2.75, 3.05) is 18.1 Å². The van der Waals surface area contributed by atoms with Crippen LogP contribution in [0.3, 0.4) is 0 Å². The maximum atomic E-state index is 13.3. The Morgan fingerprint density at radius 1 is 1.09 bits per heavy atom. The zero-order valence-electron chi connectivity index (χ0n) is 17.3. The lowest BCUT2D eigenvalue weighted by atomic mass is 10.1. The Kier molecular flexibility index (Phi) is 5.43. The molecule has 0 saturated carbocycles. The molecule has 33 heavy (non-hydrogen) atoms. The van der Waals surface area contributed by atoms with Gasteiger partial charge in [-0.3, -0.25) is 9.59 Å². The molecule has 0 N–H and O–H groups in total. The number of nitrogens with zero attached hydrogens (tertiary/aromatic N) is 4. The number of hydrogen-bond donors (Lipinski definition) is 0. The van der Waals surface area contributed by atoms with Crippen molar-refractivity contribution >= 4 is 49.4 Å². The third-order valence-electron chi connectivity index (χ3n) is 5.15. The second-order valence-electron chi connectivity index (χ2n) is 7.23. The molecule has 1 aliphatic rings. The number of rotatable bonds is 6. The van der Waals surface area contributed by atoms with Crippen molar-refractivity contribution in [1.29, 1.82) is 0 Å². The van der Waals surface area contributed by atoms with Crippen molar-refractivity contribution in [3.63, 3.8) is 0 Å². The molecule has 0 unspecified atom stereocenters. The lowest BCUT2D eigenvalue weighted by Crippen LogP contribution is -2.32. The molecule has 1 aliphatic heterocycles. The SMILES string of the molecule is C=CCOc1ccc(-c2nc3sc(=C4C(=O)N(CC=C)c5ccc(Br)cc54)c(=O)n3n2)cc1. The topological polar surface area (TPSA) is 76.8 Å². The fourth-order valence-electron chi connectivity index (χ4n) is 3.70. The van der Waals surface area contributed by atoms with Crippen molar-refractivity contribution in [3.05, 3.63) is 92.7 Å². The molecular weight excluding hydrogens is 504 g/mol. The molecular formula is C24H17BrN4O3S. The van der Waals surface area contributed by atoms with Crippen LogP contribution in [0.2, 0.25) is 0 Å². The molecule has 0 spiro atoms. The normalized spacial score (nSPS) is 14.6. The second-order valence-corrected chi connectivity index (χ2v) is 9.12. The van der Waals surface area contributed by atoms with E-state index in [1.54, 1.807) is 17.1 Å². The van der Waals surface area contributed by atoms with Gasteiger partial charge in [-0.25, -0.2) is 0 Å². The van der Waals surface area contributed by atoms with Gasteiger partial charge in [0.1, 0.15) is 16.9 Å². The van der Waals surface area contributed by atoms with Crippen LogP contribution in [-0.4, -0.2) is 33.7 Å². The Bertz CT molecular complexity index is 1540. The lowest BCUT2D eigenvalue weighted by molar-refractivity contribution is -0.112. The minimum absolute atomic E-state index is 0.236. The predicted octanol–water partition coefficient (Wildman–Crippen LogP) is 3.60. The minimum Gasteiger partial charge on any atom is -0.490 e. The molecule has 5 rings (SSSR count). The molecule has 0 aliphatic carbocycles. The van der Waals surface area contributed by atoms with Crippen LogP contribution in [0.25, 0.3) is 21.9 Å². The number of hydrogen-bond acceptors (Lipinski definition) is 6. The number of fused-ring (bicyclic) bond motifs is 2. The molecule has 3 heterocycles. The first-order valence-corrected chi connectivity index (χ1v) is 11.6. The van der Waals surface area contributed by atoms with Gasteiger partial charge < -0.3 is 9.64 Å². The number of halogens is 1. The summed E-state index contributed by atoms with van der Waals surface area (Å²) in [5.41, 5.74) is 2.20. The highest BCUT2D eigenvalue weighted by atomic mass is 79.9. The lowest BCUT2D eigenvalue weighted by Gasteiger charge is -2.14. The number of ether oxygens (including phenoxy) is 1. The summed E-state index contributed by atoms with van der Waals surface area (Å²) in [6.07, 6.45) is 3.33. The van der Waals surface area contributed by atoms with Crippen LogP contribution < -0.4 is 19.7 Å². The second kappa shape index (κ2) is 8.42. The van der Waals surface area contributed by atoms with Gasteiger partial charge in [0.05, 0.1) is 11.3 Å². The molecule has 2 aromatic carbocycles. The molecule has 164 valence electrons. The van der Waals surface area contributed by atoms with Crippen molar-refractivity contribution in [2.45, 2.75) is 0 Å². The highest BCUT2D eigenvalue weighted by Crippen LogP contribution is 2.37. The van der Waals surface area contributed by atoms with E-state index in [0.29, 0.717) is 45.4 Å². The third kappa shape index (κ3) is 3.59. The van der Waals surface area contributed by atoms with Crippen LogP contribution in [0.1, 0.15) is 5.56 Å². The van der Waals surface area contributed by atoms with Gasteiger partial charge in [-0.1, -0.05) is 46.0 Å². The summed E-state index contributed by atoms with van der Waals surface area (Å²) in [5, 5.41) is 4.40. The molecule has 0 atom stereocenters. The molecule has 0 radical (unpaired) electrons. The fourth-order valence-corrected chi connectivity index (χ4v) is 5.06. The van der Waals surface area contributed by atoms with E-state index in [0.717, 1.165) is 27.1 Å². The fraction of sp³-hybridized carbons (Fsp3) is 0.0833. The Morgan fingerprint density at radius 2 is 1.88 bits per heavy atom. The smallest absolute Gasteiger partial charge is 0.291 e. The summed E-state index contributed by atoms with van der Waals surface area (Å²) >= 11 is 4.62. The van der Waals surface area contributed by atoms with E-state index in [-0.39, 0.29) is 11.5 Å². The summed E-state index contributed by atoms with van der Waals surface area (Å²) in [6.45, 7) is 8.14. The molecule has 2 aromatic heterocycles. The van der Waals surface area contributed by atoms with Crippen molar-refractivity contribution in [3.8, 4) is 17.1 Å². The zero-order valence-corrected chi connectivity index (χ0v) is 19.7. The van der Waals surface area contributed by atoms with Crippen LogP contribution >= 0.6 is 27.3 Å². The Balaban J connectivity index is 1.62. The highest BCUT2D eigenvalue weighted by molar-refractivity contribution is 9.10. The molecule has 4 aromatic rings. The van der Waals surface area contributed by atoms with Gasteiger partial charge in [-0.15, -0.1) is 11.7 Å². The quantitative estimate of drug-likeness (QED) is 0.363. The Morgan fingerprint density at radius 3 is 2.58 bits per heavy atom. The van der Waals surface area contributed by atoms with Gasteiger partial charge in [0.2, 0.25) is 4.96 Å². The largest absolute Gasteiger partial charge is 0.490 e. The van der Waals surface area contributed by atoms with Gasteiger partial charge in [0.25, 0.3) is 11.5 Å². The number of carbonyl (C=O) groups excluding carboxylic acids is 1. The summed E-state index contributed by atoms with van der Waals surface area (Å²) in [7, 11) is 0. The minimum atomic E-state index is -0.366. The van der Waals surface area contributed by atoms with Gasteiger partial charge in [-0.2, -0.15) is 9.50 Å². The van der Waals surface area contributed by atoms with Crippen molar-refractivity contribution in [1.82, 2.24) is 14.6 Å². The first kappa shape index (κ1) is 21.3. The summed E-state index contributed by atoms with van der Waals surface area (Å²) in [4.78, 5) is 33.1. The highest BCUT2D eigenvalue weighted by Gasteiger charge is 2.34. The van der Waals surface area contributed by atoms with Crippen molar-refractivity contribution < 1.29 is 9.53 Å². The molecule has 0 saturated heterocycles. The van der Waals surface area contributed by atoms with Gasteiger partial charge in [0, 0.05) is 22.1 Å². The third-order valence-corrected chi connectivity index (χ3v) is 6.68. The van der Waals surface area contributed by atoms with Gasteiger partial charge in [0.15, 0.2) is 5.82 Å². The number of aromatic nitrogens is 3. The summed E-state index contributed by atoms with van der Waals surface area (Å²) in [6, 6.07) is 12.9. The summed E-state index contributed by atoms with van der Waals surface area (Å²) < 4.78 is 7.89. The van der Waals surface area contributed by atoms with Crippen LogP contribution in [0, 0.1) is 0 Å². The first-order valence-electron chi connectivity index (χ1n) is 10.0. The number of carbonyl (C=O) groups is 1. The Hall–Kier alpha value is -3.56. The van der Waals surface area contributed by atoms with Gasteiger partial charge >= 0.3 is 0 Å². The molecule has 0 fully saturated rings. The number of thiazole rings is 1. The van der Waals surface area contributed by atoms with E-state index in [4.69, 9.17) is 4.74 Å². The number of anilines is 1. The monoisotopic (exact) mass is 520 g/mol. The van der Waals surface area contributed by atoms with Crippen molar-refractivity contribution in [2.24, 2.45) is 0 Å². The van der Waals surface area contributed by atoms with Gasteiger partial charge in [-0.05, 0) is 42.5 Å². The molecule has 1 amide bonds. The van der Waals surface area contributed by atoms with E-state index in [1.807, 2.05) is 42.5 Å². The molecule has 9 heteroatoms. The van der Waals surface area contributed by atoms with E-state index in [1.165, 1.54) is 4.52 Å². The Labute approximate surface area is 201 Å². The van der Waals surface area contributed by atoms with E-state index in [2.05, 4.69) is 39.2 Å². The predicted molar refractivity (Wildman–Crippen MR) is 133 cm³/mol. The average molecular weight is 521 g/mol. The maximum Gasteiger partial charge on any atom is 0.291 e. The first-order chi connectivity index (χ1) is 16.0. The standard InChI is InChI=1S/C24H17BrN4O3S/c1-3-11-28-18-10-7-15(25)13-17(18)19(22(28)30)20-23(31)29-24(33-20)26-21(27-29)14-5-8-16(9-6-14)32-12-4-2/h3-10,13H,1-2,11-12H2. The van der Waals surface area contributed by atoms with Crippen LogP contribution in [0.4, 0.5) is 5.69 Å². The van der Waals surface area contributed by atoms with Crippen LogP contribution in [-0.2, 0) is 4.79 Å². The van der Waals surface area contributed by atoms with E-state index < -0.39 is 0 Å². The number of amides is 1. The number of benzene rings is 2. The average Bonchev–Trinajstić information content (AvgIpc) is 3.44. The van der Waals surface area contributed by atoms with Crippen LogP contribution in [0.15, 0.2) is 77.0 Å². The van der Waals surface area contributed by atoms with E-state index in [9.17, 15) is 9.59 Å². The molecule has 7 nitrogen and oxygen atoms in total. The van der Waals surface area contributed by atoms with E-state index >= 15 is 0 Å². The maximum absolute atomic E-state index is 13.3. The summed E-state index contributed by atoms with van der Waals surface area (Å²) in [5.74, 6) is 0.899. The zero-order chi connectivity index (χ0) is 23.1.